The molecule has 1 atom stereocenters. The summed E-state index contributed by atoms with van der Waals surface area (Å²) in [4.78, 5) is 15.8. The standard InChI is InChI=1S/C15H14N4O3S/c20-19(21)14-13(17-15-18(14)5-6-23-15)16-8-10-7-11-3-1-2-4-12(11)22-9-10/h1-6,10,16H,7-9H2/t10-/m0/s1. The quantitative estimate of drug-likeness (QED) is 0.587. The van der Waals surface area contributed by atoms with Crippen molar-refractivity contribution in [1.29, 1.82) is 0 Å². The molecule has 118 valence electrons. The summed E-state index contributed by atoms with van der Waals surface area (Å²) in [6.45, 7) is 1.18. The van der Waals surface area contributed by atoms with Gasteiger partial charge in [-0.25, -0.2) is 0 Å². The van der Waals surface area contributed by atoms with Gasteiger partial charge in [0, 0.05) is 17.8 Å². The van der Waals surface area contributed by atoms with Crippen LogP contribution in [0.3, 0.4) is 0 Å². The third-order valence-electron chi connectivity index (χ3n) is 3.92. The molecule has 0 fully saturated rings. The van der Waals surface area contributed by atoms with Crippen LogP contribution in [0.15, 0.2) is 35.8 Å². The number of hydrogen-bond acceptors (Lipinski definition) is 6. The van der Waals surface area contributed by atoms with Gasteiger partial charge in [-0.3, -0.25) is 0 Å². The van der Waals surface area contributed by atoms with Crippen molar-refractivity contribution >= 4 is 27.9 Å². The first-order chi connectivity index (χ1) is 11.2. The minimum absolute atomic E-state index is 0.0154. The number of hydrogen-bond donors (Lipinski definition) is 1. The molecule has 0 saturated heterocycles. The molecule has 0 unspecified atom stereocenters. The van der Waals surface area contributed by atoms with Gasteiger partial charge in [0.2, 0.25) is 5.82 Å². The van der Waals surface area contributed by atoms with Crippen molar-refractivity contribution in [1.82, 2.24) is 9.38 Å². The van der Waals surface area contributed by atoms with Crippen molar-refractivity contribution in [2.45, 2.75) is 6.42 Å². The summed E-state index contributed by atoms with van der Waals surface area (Å²) in [5, 5.41) is 16.2. The van der Waals surface area contributed by atoms with E-state index in [0.717, 1.165) is 12.2 Å². The Morgan fingerprint density at radius 3 is 3.22 bits per heavy atom. The molecule has 0 saturated carbocycles. The Hall–Kier alpha value is -2.61. The van der Waals surface area contributed by atoms with Crippen LogP contribution >= 0.6 is 11.3 Å². The van der Waals surface area contributed by atoms with Crippen LogP contribution in [0.1, 0.15) is 5.56 Å². The van der Waals surface area contributed by atoms with E-state index in [1.54, 1.807) is 11.6 Å². The number of anilines is 1. The van der Waals surface area contributed by atoms with Gasteiger partial charge in [-0.2, -0.15) is 9.38 Å². The zero-order valence-electron chi connectivity index (χ0n) is 12.1. The fraction of sp³-hybridized carbons (Fsp3) is 0.267. The molecule has 2 aromatic heterocycles. The predicted octanol–water partition coefficient (Wildman–Crippen LogP) is 2.97. The summed E-state index contributed by atoms with van der Waals surface area (Å²) in [6.07, 6.45) is 2.55. The van der Waals surface area contributed by atoms with Gasteiger partial charge in [0.25, 0.3) is 4.96 Å². The van der Waals surface area contributed by atoms with Crippen LogP contribution in [0.4, 0.5) is 11.6 Å². The van der Waals surface area contributed by atoms with E-state index in [1.807, 2.05) is 18.2 Å². The molecule has 0 spiro atoms. The lowest BCUT2D eigenvalue weighted by molar-refractivity contribution is -0.389. The van der Waals surface area contributed by atoms with E-state index in [0.29, 0.717) is 23.9 Å². The molecule has 3 heterocycles. The molecule has 3 aromatic rings. The molecule has 0 aliphatic carbocycles. The van der Waals surface area contributed by atoms with Crippen molar-refractivity contribution in [3.05, 3.63) is 51.5 Å². The van der Waals surface area contributed by atoms with E-state index >= 15 is 0 Å². The fourth-order valence-corrected chi connectivity index (χ4v) is 3.54. The molecule has 0 bridgehead atoms. The summed E-state index contributed by atoms with van der Waals surface area (Å²) >= 11 is 1.37. The van der Waals surface area contributed by atoms with Gasteiger partial charge in [-0.15, -0.1) is 0 Å². The monoisotopic (exact) mass is 330 g/mol. The SMILES string of the molecule is O=[N+]([O-])c1c(NC[C@H]2COc3ccccc3C2)nc2sccn12. The number of thiazole rings is 1. The molecule has 0 radical (unpaired) electrons. The summed E-state index contributed by atoms with van der Waals surface area (Å²) in [5.41, 5.74) is 1.17. The highest BCUT2D eigenvalue weighted by molar-refractivity contribution is 7.15. The number of imidazole rings is 1. The number of aromatic nitrogens is 2. The first-order valence-electron chi connectivity index (χ1n) is 7.27. The lowest BCUT2D eigenvalue weighted by Gasteiger charge is -2.25. The number of ether oxygens (including phenoxy) is 1. The van der Waals surface area contributed by atoms with E-state index in [-0.39, 0.29) is 11.7 Å². The second kappa shape index (κ2) is 5.54. The first kappa shape index (κ1) is 14.0. The number of nitrogens with zero attached hydrogens (tertiary/aromatic N) is 3. The van der Waals surface area contributed by atoms with E-state index in [2.05, 4.69) is 16.4 Å². The van der Waals surface area contributed by atoms with E-state index in [1.165, 1.54) is 21.3 Å². The third kappa shape index (κ3) is 2.50. The molecule has 7 nitrogen and oxygen atoms in total. The van der Waals surface area contributed by atoms with E-state index in [9.17, 15) is 10.1 Å². The van der Waals surface area contributed by atoms with Crippen LogP contribution in [0, 0.1) is 16.0 Å². The van der Waals surface area contributed by atoms with Gasteiger partial charge in [-0.1, -0.05) is 29.5 Å². The van der Waals surface area contributed by atoms with Crippen LogP contribution in [-0.4, -0.2) is 27.5 Å². The highest BCUT2D eigenvalue weighted by atomic mass is 32.1. The minimum atomic E-state index is -0.401. The maximum atomic E-state index is 11.3. The van der Waals surface area contributed by atoms with Crippen LogP contribution in [0.2, 0.25) is 0 Å². The Labute approximate surface area is 135 Å². The average molecular weight is 330 g/mol. The van der Waals surface area contributed by atoms with Gasteiger partial charge < -0.3 is 20.2 Å². The van der Waals surface area contributed by atoms with Crippen molar-refractivity contribution in [3.63, 3.8) is 0 Å². The Bertz CT molecular complexity index is 873. The summed E-state index contributed by atoms with van der Waals surface area (Å²) in [5.74, 6) is 1.49. The molecule has 1 aliphatic heterocycles. The van der Waals surface area contributed by atoms with Gasteiger partial charge in [0.05, 0.1) is 6.61 Å². The summed E-state index contributed by atoms with van der Waals surface area (Å²) < 4.78 is 7.25. The molecule has 1 N–H and O–H groups in total. The molecule has 1 aliphatic rings. The van der Waals surface area contributed by atoms with E-state index in [4.69, 9.17) is 4.74 Å². The van der Waals surface area contributed by atoms with Crippen molar-refractivity contribution in [3.8, 4) is 5.75 Å². The third-order valence-corrected chi connectivity index (χ3v) is 4.68. The van der Waals surface area contributed by atoms with Crippen molar-refractivity contribution < 1.29 is 9.66 Å². The zero-order valence-corrected chi connectivity index (χ0v) is 13.0. The molecule has 4 rings (SSSR count). The Kier molecular flexibility index (Phi) is 3.38. The maximum absolute atomic E-state index is 11.3. The Morgan fingerprint density at radius 2 is 2.35 bits per heavy atom. The topological polar surface area (TPSA) is 81.7 Å². The van der Waals surface area contributed by atoms with Crippen molar-refractivity contribution in [2.75, 3.05) is 18.5 Å². The number of nitro groups is 1. The number of fused-ring (bicyclic) bond motifs is 2. The molecule has 1 aromatic carbocycles. The van der Waals surface area contributed by atoms with Crippen LogP contribution in [0.5, 0.6) is 5.75 Å². The normalized spacial score (nSPS) is 16.8. The largest absolute Gasteiger partial charge is 0.493 e. The molecular weight excluding hydrogens is 316 g/mol. The highest BCUT2D eigenvalue weighted by Gasteiger charge is 2.25. The summed E-state index contributed by atoms with van der Waals surface area (Å²) in [7, 11) is 0. The van der Waals surface area contributed by atoms with Crippen LogP contribution < -0.4 is 10.1 Å². The maximum Gasteiger partial charge on any atom is 0.372 e. The lowest BCUT2D eigenvalue weighted by Crippen LogP contribution is -2.27. The van der Waals surface area contributed by atoms with Crippen LogP contribution in [0.25, 0.3) is 4.96 Å². The second-order valence-corrected chi connectivity index (χ2v) is 6.34. The van der Waals surface area contributed by atoms with Gasteiger partial charge in [0.15, 0.2) is 0 Å². The predicted molar refractivity (Wildman–Crippen MR) is 87.3 cm³/mol. The lowest BCUT2D eigenvalue weighted by atomic mass is 9.97. The highest BCUT2D eigenvalue weighted by Crippen LogP contribution is 2.30. The minimum Gasteiger partial charge on any atom is -0.493 e. The second-order valence-electron chi connectivity index (χ2n) is 5.47. The summed E-state index contributed by atoms with van der Waals surface area (Å²) in [6, 6.07) is 7.97. The van der Waals surface area contributed by atoms with Gasteiger partial charge >= 0.3 is 5.82 Å². The van der Waals surface area contributed by atoms with E-state index < -0.39 is 4.92 Å². The van der Waals surface area contributed by atoms with Gasteiger partial charge in [-0.05, 0) is 23.0 Å². The van der Waals surface area contributed by atoms with Crippen LogP contribution in [-0.2, 0) is 6.42 Å². The smallest absolute Gasteiger partial charge is 0.372 e. The molecule has 0 amide bonds. The Balaban J connectivity index is 1.51. The number of para-hydroxylation sites is 1. The number of benzene rings is 1. The molecular formula is C15H14N4O3S. The van der Waals surface area contributed by atoms with Gasteiger partial charge in [0.1, 0.15) is 11.9 Å². The first-order valence-corrected chi connectivity index (χ1v) is 8.15. The Morgan fingerprint density at radius 1 is 1.48 bits per heavy atom. The average Bonchev–Trinajstić information content (AvgIpc) is 3.12. The van der Waals surface area contributed by atoms with Crippen molar-refractivity contribution in [2.24, 2.45) is 5.92 Å². The number of rotatable bonds is 4. The molecule has 8 heteroatoms. The molecule has 23 heavy (non-hydrogen) atoms. The number of nitrogens with one attached hydrogen (secondary N) is 1. The fourth-order valence-electron chi connectivity index (χ4n) is 2.83. The zero-order chi connectivity index (χ0) is 15.8.